The van der Waals surface area contributed by atoms with E-state index in [1.54, 1.807) is 0 Å². The Balaban J connectivity index is 0.00000176. The van der Waals surface area contributed by atoms with Gasteiger partial charge in [-0.2, -0.15) is 6.92 Å². The molecule has 0 bridgehead atoms. The van der Waals surface area contributed by atoms with Gasteiger partial charge in [-0.1, -0.05) is 29.7 Å². The van der Waals surface area contributed by atoms with Crippen LogP contribution in [0.5, 0.6) is 0 Å². The quantitative estimate of drug-likeness (QED) is 0.214. The molecule has 0 saturated heterocycles. The predicted molar refractivity (Wildman–Crippen MR) is 95.1 cm³/mol. The molecule has 0 aromatic heterocycles. The third-order valence-corrected chi connectivity index (χ3v) is 6.37. The van der Waals surface area contributed by atoms with Crippen LogP contribution < -0.4 is 5.19 Å². The van der Waals surface area contributed by atoms with Crippen LogP contribution in [0.15, 0.2) is 42.5 Å². The monoisotopic (exact) mass is 406 g/mol. The molecule has 0 atom stereocenters. The molecule has 22 heavy (non-hydrogen) atoms. The molecular formula is C16H9Cl3NNiSi-. The summed E-state index contributed by atoms with van der Waals surface area (Å²) in [5.41, 5.74) is 1.30. The summed E-state index contributed by atoms with van der Waals surface area (Å²) in [6, 6.07) is 10.7. The van der Waals surface area contributed by atoms with E-state index in [0.29, 0.717) is 5.69 Å². The number of fused-ring (bicyclic) bond motifs is 2. The predicted octanol–water partition coefficient (Wildman–Crippen LogP) is 5.59. The maximum absolute atomic E-state index is 7.17. The van der Waals surface area contributed by atoms with Crippen molar-refractivity contribution in [2.45, 2.75) is 0 Å². The minimum absolute atomic E-state index is 0. The van der Waals surface area contributed by atoms with E-state index >= 15 is 0 Å². The number of nitrogens with zero attached hydrogens (tertiary/aromatic N) is 1. The molecule has 0 heterocycles. The second-order valence-electron chi connectivity index (χ2n) is 4.85. The minimum Gasteiger partial charge on any atom is -0.210 e. The van der Waals surface area contributed by atoms with Crippen LogP contribution in [0.1, 0.15) is 5.56 Å². The van der Waals surface area contributed by atoms with E-state index in [1.165, 1.54) is 0 Å². The second kappa shape index (κ2) is 6.32. The second-order valence-corrected chi connectivity index (χ2v) is 13.3. The van der Waals surface area contributed by atoms with E-state index in [4.69, 9.17) is 39.8 Å². The Morgan fingerprint density at radius 3 is 2.09 bits per heavy atom. The van der Waals surface area contributed by atoms with Gasteiger partial charge < -0.3 is 0 Å². The van der Waals surface area contributed by atoms with Crippen LogP contribution in [0.3, 0.4) is 0 Å². The third-order valence-electron chi connectivity index (χ3n) is 3.44. The Kier molecular flexibility index (Phi) is 5.02. The fourth-order valence-electron chi connectivity index (χ4n) is 2.36. The molecule has 6 heteroatoms. The normalized spacial score (nSPS) is 11.2. The first-order chi connectivity index (χ1) is 9.88. The van der Waals surface area contributed by atoms with Gasteiger partial charge in [0.1, 0.15) is 6.57 Å². The summed E-state index contributed by atoms with van der Waals surface area (Å²) in [4.78, 5) is 3.49. The van der Waals surface area contributed by atoms with E-state index < -0.39 is 6.00 Å². The van der Waals surface area contributed by atoms with Crippen LogP contribution in [0.2, 0.25) is 0 Å². The molecule has 114 valence electrons. The molecular weight excluding hydrogens is 399 g/mol. The van der Waals surface area contributed by atoms with Gasteiger partial charge in [-0.25, -0.2) is 4.85 Å². The minimum atomic E-state index is -2.88. The number of hydrogen-bond acceptors (Lipinski definition) is 0. The smallest absolute Gasteiger partial charge is 0.210 e. The average Bonchev–Trinajstić information content (AvgIpc) is 2.43. The Bertz CT molecular complexity index is 913. The summed E-state index contributed by atoms with van der Waals surface area (Å²) in [7, 11) is 0. The first kappa shape index (κ1) is 17.5. The van der Waals surface area contributed by atoms with Gasteiger partial charge in [-0.3, -0.25) is 0 Å². The summed E-state index contributed by atoms with van der Waals surface area (Å²) in [6.45, 7) is 11.1. The molecule has 0 fully saturated rings. The van der Waals surface area contributed by atoms with Crippen molar-refractivity contribution >= 4 is 71.7 Å². The van der Waals surface area contributed by atoms with Crippen LogP contribution in [0, 0.1) is 13.5 Å². The molecule has 0 radical (unpaired) electrons. The van der Waals surface area contributed by atoms with Crippen molar-refractivity contribution in [3.63, 3.8) is 0 Å². The van der Waals surface area contributed by atoms with Crippen molar-refractivity contribution in [2.75, 3.05) is 0 Å². The molecule has 0 saturated carbocycles. The number of benzene rings is 3. The van der Waals surface area contributed by atoms with Crippen LogP contribution in [0.4, 0.5) is 5.69 Å². The average molecular weight is 408 g/mol. The zero-order chi connectivity index (χ0) is 15.2. The largest absolute Gasteiger partial charge is 0.372 e. The number of hydrogen-bond donors (Lipinski definition) is 0. The van der Waals surface area contributed by atoms with Gasteiger partial charge in [0.25, 0.3) is 0 Å². The molecule has 3 aromatic rings. The molecule has 0 aliphatic heterocycles. The maximum atomic E-state index is 7.17. The van der Waals surface area contributed by atoms with Gasteiger partial charge in [-0.05, 0) is 33.5 Å². The van der Waals surface area contributed by atoms with E-state index in [-0.39, 0.29) is 16.5 Å². The summed E-state index contributed by atoms with van der Waals surface area (Å²) in [6.07, 6.45) is 0. The molecule has 0 amide bonds. The van der Waals surface area contributed by atoms with E-state index in [0.717, 1.165) is 32.3 Å². The standard InChI is InChI=1S/C16H9Cl3NSi.Ni/c1-10-5-12-7-13-8-15(21(17,18)19)4-3-11(13)6-14(12)9-16(10)20-2;/h3-9H,1H2;/q-1;. The van der Waals surface area contributed by atoms with E-state index in [9.17, 15) is 0 Å². The zero-order valence-electron chi connectivity index (χ0n) is 11.1. The summed E-state index contributed by atoms with van der Waals surface area (Å²) < 4.78 is 0. The Labute approximate surface area is 154 Å². The Morgan fingerprint density at radius 1 is 0.864 bits per heavy atom. The van der Waals surface area contributed by atoms with E-state index in [2.05, 4.69) is 11.8 Å². The zero-order valence-corrected chi connectivity index (χ0v) is 15.4. The molecule has 3 rings (SSSR count). The molecule has 3 aromatic carbocycles. The first-order valence-electron chi connectivity index (χ1n) is 6.17. The SMILES string of the molecule is [C-]#[N+]c1cc2cc3ccc([Si](Cl)(Cl)Cl)cc3cc2cc1[CH2-].[Ni]. The molecule has 0 unspecified atom stereocenters. The number of halogens is 3. The van der Waals surface area contributed by atoms with Crippen molar-refractivity contribution in [1.82, 2.24) is 0 Å². The maximum Gasteiger partial charge on any atom is 0.372 e. The van der Waals surface area contributed by atoms with Crippen molar-refractivity contribution in [3.05, 3.63) is 66.4 Å². The Morgan fingerprint density at radius 2 is 1.45 bits per heavy atom. The van der Waals surface area contributed by atoms with Crippen LogP contribution in [0.25, 0.3) is 26.4 Å². The molecule has 0 spiro atoms. The summed E-state index contributed by atoms with van der Waals surface area (Å²) in [5.74, 6) is 0. The molecule has 0 N–H and O–H groups in total. The third kappa shape index (κ3) is 3.23. The Hall–Kier alpha value is -0.880. The molecule has 1 nitrogen and oxygen atoms in total. The van der Waals surface area contributed by atoms with Gasteiger partial charge in [0.15, 0.2) is 0 Å². The van der Waals surface area contributed by atoms with Crippen molar-refractivity contribution < 1.29 is 16.5 Å². The topological polar surface area (TPSA) is 4.36 Å². The van der Waals surface area contributed by atoms with Crippen molar-refractivity contribution in [1.29, 1.82) is 0 Å². The van der Waals surface area contributed by atoms with Gasteiger partial charge in [-0.15, -0.1) is 44.9 Å². The molecule has 0 aliphatic rings. The number of rotatable bonds is 1. The molecule has 0 aliphatic carbocycles. The van der Waals surface area contributed by atoms with Gasteiger partial charge in [0.2, 0.25) is 5.69 Å². The fourth-order valence-corrected chi connectivity index (χ4v) is 4.01. The van der Waals surface area contributed by atoms with Crippen molar-refractivity contribution in [2.24, 2.45) is 0 Å². The van der Waals surface area contributed by atoms with Gasteiger partial charge >= 0.3 is 6.00 Å². The summed E-state index contributed by atoms with van der Waals surface area (Å²) in [5, 5.41) is 4.89. The van der Waals surface area contributed by atoms with Crippen LogP contribution in [-0.2, 0) is 16.5 Å². The summed E-state index contributed by atoms with van der Waals surface area (Å²) >= 11 is 18.2. The van der Waals surface area contributed by atoms with E-state index in [1.807, 2.05) is 42.5 Å². The fraction of sp³-hybridized carbons (Fsp3) is 0. The van der Waals surface area contributed by atoms with Crippen LogP contribution >= 0.6 is 33.2 Å². The van der Waals surface area contributed by atoms with Crippen molar-refractivity contribution in [3.8, 4) is 0 Å². The van der Waals surface area contributed by atoms with Gasteiger partial charge in [0, 0.05) is 16.5 Å². The van der Waals surface area contributed by atoms with Gasteiger partial charge in [0.05, 0.1) is 0 Å². The first-order valence-corrected chi connectivity index (χ1v) is 11.2. The van der Waals surface area contributed by atoms with Crippen LogP contribution in [-0.4, -0.2) is 6.00 Å².